The number of nitrogens with zero attached hydrogens (tertiary/aromatic N) is 1. The number of hydrogen-bond donors (Lipinski definition) is 0. The highest BCUT2D eigenvalue weighted by Crippen LogP contribution is 2.37. The Balaban J connectivity index is 1.87. The van der Waals surface area contributed by atoms with Crippen molar-refractivity contribution in [2.75, 3.05) is 20.3 Å². The van der Waals surface area contributed by atoms with Gasteiger partial charge in [-0.3, -0.25) is 9.69 Å². The molecule has 0 unspecified atom stereocenters. The molecule has 0 amide bonds. The zero-order valence-electron chi connectivity index (χ0n) is 13.8. The van der Waals surface area contributed by atoms with Crippen molar-refractivity contribution in [3.63, 3.8) is 0 Å². The second-order valence-corrected chi connectivity index (χ2v) is 6.15. The van der Waals surface area contributed by atoms with Crippen molar-refractivity contribution < 1.29 is 14.3 Å². The van der Waals surface area contributed by atoms with Crippen LogP contribution in [0.3, 0.4) is 0 Å². The van der Waals surface area contributed by atoms with Gasteiger partial charge in [-0.05, 0) is 41.8 Å². The lowest BCUT2D eigenvalue weighted by Gasteiger charge is -2.14. The van der Waals surface area contributed by atoms with E-state index in [2.05, 4.69) is 17.0 Å². The topological polar surface area (TPSA) is 38.8 Å². The monoisotopic (exact) mass is 345 g/mol. The van der Waals surface area contributed by atoms with Crippen molar-refractivity contribution in [3.05, 3.63) is 52.5 Å². The molecule has 2 aromatic rings. The lowest BCUT2D eigenvalue weighted by Crippen LogP contribution is -2.26. The summed E-state index contributed by atoms with van der Waals surface area (Å²) in [6, 6.07) is 11.9. The van der Waals surface area contributed by atoms with Gasteiger partial charge in [0.2, 0.25) is 0 Å². The largest absolute Gasteiger partial charge is 0.497 e. The van der Waals surface area contributed by atoms with E-state index in [1.165, 1.54) is 11.1 Å². The van der Waals surface area contributed by atoms with E-state index in [1.54, 1.807) is 7.11 Å². The molecule has 0 fully saturated rings. The first-order valence-electron chi connectivity index (χ1n) is 7.95. The molecule has 4 nitrogen and oxygen atoms in total. The van der Waals surface area contributed by atoms with Crippen LogP contribution in [0.4, 0.5) is 0 Å². The summed E-state index contributed by atoms with van der Waals surface area (Å²) in [4.78, 5) is 13.8. The second kappa shape index (κ2) is 7.24. The molecule has 0 aromatic heterocycles. The molecule has 0 bridgehead atoms. The third kappa shape index (κ3) is 3.40. The van der Waals surface area contributed by atoms with Crippen LogP contribution >= 0.6 is 11.6 Å². The summed E-state index contributed by atoms with van der Waals surface area (Å²) in [5.74, 6) is 0.551. The minimum atomic E-state index is -0.186. The molecule has 0 N–H and O–H groups in total. The van der Waals surface area contributed by atoms with Crippen LogP contribution in [-0.2, 0) is 22.6 Å². The molecule has 0 saturated heterocycles. The Morgan fingerprint density at radius 3 is 2.75 bits per heavy atom. The Labute approximate surface area is 146 Å². The van der Waals surface area contributed by atoms with Gasteiger partial charge < -0.3 is 9.47 Å². The third-order valence-electron chi connectivity index (χ3n) is 4.17. The van der Waals surface area contributed by atoms with Crippen LogP contribution in [0.15, 0.2) is 36.4 Å². The van der Waals surface area contributed by atoms with Crippen LogP contribution in [-0.4, -0.2) is 31.1 Å². The summed E-state index contributed by atoms with van der Waals surface area (Å²) < 4.78 is 10.3. The van der Waals surface area contributed by atoms with E-state index in [-0.39, 0.29) is 5.97 Å². The first kappa shape index (κ1) is 16.8. The fourth-order valence-corrected chi connectivity index (χ4v) is 3.36. The van der Waals surface area contributed by atoms with Gasteiger partial charge in [-0.1, -0.05) is 29.8 Å². The number of esters is 1. The van der Waals surface area contributed by atoms with Gasteiger partial charge in [0, 0.05) is 18.7 Å². The molecule has 0 spiro atoms. The van der Waals surface area contributed by atoms with Crippen LogP contribution in [0.2, 0.25) is 5.02 Å². The van der Waals surface area contributed by atoms with Gasteiger partial charge >= 0.3 is 5.97 Å². The van der Waals surface area contributed by atoms with E-state index in [0.29, 0.717) is 24.7 Å². The number of rotatable bonds is 5. The molecule has 5 heteroatoms. The van der Waals surface area contributed by atoms with Crippen molar-refractivity contribution in [3.8, 4) is 16.9 Å². The number of ether oxygens (including phenoxy) is 2. The molecule has 0 saturated carbocycles. The van der Waals surface area contributed by atoms with E-state index < -0.39 is 0 Å². The fourth-order valence-electron chi connectivity index (χ4n) is 3.08. The Kier molecular flexibility index (Phi) is 5.07. The highest BCUT2D eigenvalue weighted by molar-refractivity contribution is 6.33. The van der Waals surface area contributed by atoms with E-state index >= 15 is 0 Å². The van der Waals surface area contributed by atoms with Gasteiger partial charge in [0.25, 0.3) is 0 Å². The van der Waals surface area contributed by atoms with Crippen LogP contribution in [0, 0.1) is 0 Å². The Bertz CT molecular complexity index is 760. The molecule has 1 heterocycles. The summed E-state index contributed by atoms with van der Waals surface area (Å²) >= 11 is 6.44. The van der Waals surface area contributed by atoms with Crippen LogP contribution in [0.5, 0.6) is 5.75 Å². The number of halogens is 1. The van der Waals surface area contributed by atoms with Crippen LogP contribution < -0.4 is 4.74 Å². The number of benzene rings is 2. The molecule has 0 atom stereocenters. The second-order valence-electron chi connectivity index (χ2n) is 5.74. The zero-order chi connectivity index (χ0) is 17.1. The maximum atomic E-state index is 11.7. The van der Waals surface area contributed by atoms with Gasteiger partial charge in [0.1, 0.15) is 5.75 Å². The van der Waals surface area contributed by atoms with Crippen molar-refractivity contribution >= 4 is 17.6 Å². The van der Waals surface area contributed by atoms with Gasteiger partial charge in [0.05, 0.1) is 25.3 Å². The number of carbonyl (C=O) groups is 1. The summed E-state index contributed by atoms with van der Waals surface area (Å²) in [6.45, 7) is 3.99. The molecular weight excluding hydrogens is 326 g/mol. The lowest BCUT2D eigenvalue weighted by atomic mass is 9.97. The maximum absolute atomic E-state index is 11.7. The van der Waals surface area contributed by atoms with Gasteiger partial charge in [-0.15, -0.1) is 0 Å². The molecule has 0 aliphatic carbocycles. The molecule has 3 rings (SSSR count). The van der Waals surface area contributed by atoms with Gasteiger partial charge in [-0.2, -0.15) is 0 Å². The SMILES string of the molecule is CCOC(=O)CN1Cc2cccc(-c3ccc(OC)cc3Cl)c2C1. The fraction of sp³-hybridized carbons (Fsp3) is 0.316. The van der Waals surface area contributed by atoms with Crippen molar-refractivity contribution in [2.24, 2.45) is 0 Å². The smallest absolute Gasteiger partial charge is 0.320 e. The normalized spacial score (nSPS) is 13.6. The van der Waals surface area contributed by atoms with Crippen molar-refractivity contribution in [1.29, 1.82) is 0 Å². The average molecular weight is 346 g/mol. The molecular formula is C19H20ClNO3. The average Bonchev–Trinajstić information content (AvgIpc) is 2.97. The summed E-state index contributed by atoms with van der Waals surface area (Å²) in [6.07, 6.45) is 0. The number of hydrogen-bond acceptors (Lipinski definition) is 4. The molecule has 24 heavy (non-hydrogen) atoms. The highest BCUT2D eigenvalue weighted by Gasteiger charge is 2.24. The molecule has 1 aliphatic heterocycles. The Morgan fingerprint density at radius 1 is 1.21 bits per heavy atom. The van der Waals surface area contributed by atoms with E-state index in [1.807, 2.05) is 31.2 Å². The third-order valence-corrected chi connectivity index (χ3v) is 4.49. The Hall–Kier alpha value is -2.04. The summed E-state index contributed by atoms with van der Waals surface area (Å²) in [5.41, 5.74) is 4.52. The Morgan fingerprint density at radius 2 is 2.04 bits per heavy atom. The summed E-state index contributed by atoms with van der Waals surface area (Å²) in [7, 11) is 1.62. The number of fused-ring (bicyclic) bond motifs is 1. The van der Waals surface area contributed by atoms with Crippen LogP contribution in [0.25, 0.3) is 11.1 Å². The molecule has 126 valence electrons. The maximum Gasteiger partial charge on any atom is 0.320 e. The first-order chi connectivity index (χ1) is 11.6. The quantitative estimate of drug-likeness (QED) is 0.770. The van der Waals surface area contributed by atoms with Gasteiger partial charge in [0.15, 0.2) is 0 Å². The predicted octanol–water partition coefficient (Wildman–Crippen LogP) is 3.89. The zero-order valence-corrected chi connectivity index (χ0v) is 14.6. The van der Waals surface area contributed by atoms with E-state index in [4.69, 9.17) is 21.1 Å². The summed E-state index contributed by atoms with van der Waals surface area (Å²) in [5, 5.41) is 0.659. The molecule has 2 aromatic carbocycles. The van der Waals surface area contributed by atoms with Crippen LogP contribution in [0.1, 0.15) is 18.1 Å². The standard InChI is InChI=1S/C19H20ClNO3/c1-3-24-19(22)12-21-10-13-5-4-6-15(17(13)11-21)16-8-7-14(23-2)9-18(16)20/h4-9H,3,10-12H2,1-2H3. The van der Waals surface area contributed by atoms with E-state index in [0.717, 1.165) is 23.4 Å². The predicted molar refractivity (Wildman–Crippen MR) is 94.2 cm³/mol. The van der Waals surface area contributed by atoms with Crippen molar-refractivity contribution in [1.82, 2.24) is 4.90 Å². The van der Waals surface area contributed by atoms with Gasteiger partial charge in [-0.25, -0.2) is 0 Å². The highest BCUT2D eigenvalue weighted by atomic mass is 35.5. The minimum absolute atomic E-state index is 0.186. The molecule has 0 radical (unpaired) electrons. The molecule has 1 aliphatic rings. The lowest BCUT2D eigenvalue weighted by molar-refractivity contribution is -0.144. The number of methoxy groups -OCH3 is 1. The minimum Gasteiger partial charge on any atom is -0.497 e. The van der Waals surface area contributed by atoms with E-state index in [9.17, 15) is 4.79 Å². The number of carbonyl (C=O) groups excluding carboxylic acids is 1. The van der Waals surface area contributed by atoms with Crippen molar-refractivity contribution in [2.45, 2.75) is 20.0 Å². The first-order valence-corrected chi connectivity index (χ1v) is 8.32.